The summed E-state index contributed by atoms with van der Waals surface area (Å²) in [6.07, 6.45) is 1.25. The number of carbonyl (C=O) groups excluding carboxylic acids is 3. The molecular weight excluding hydrogens is 232 g/mol. The fourth-order valence-corrected chi connectivity index (χ4v) is 0.936. The smallest absolute Gasteiger partial charge is 0.217 e. The molecule has 5 nitrogen and oxygen atoms in total. The lowest BCUT2D eigenvalue weighted by molar-refractivity contribution is -0.126. The maximum atomic E-state index is 11.4. The van der Waals surface area contributed by atoms with Crippen molar-refractivity contribution in [3.05, 3.63) is 0 Å². The predicted molar refractivity (Wildman–Crippen MR) is 72.4 cm³/mol. The lowest BCUT2D eigenvalue weighted by Gasteiger charge is -2.14. The fourth-order valence-electron chi connectivity index (χ4n) is 0.936. The Kier molecular flexibility index (Phi) is 11.6. The molecule has 0 fully saturated rings. The number of amides is 1. The molecule has 2 N–H and O–H groups in total. The first-order valence-electron chi connectivity index (χ1n) is 6.29. The molecule has 0 saturated heterocycles. The zero-order valence-corrected chi connectivity index (χ0v) is 12.3. The van der Waals surface area contributed by atoms with Gasteiger partial charge in [0.15, 0.2) is 5.78 Å². The Morgan fingerprint density at radius 1 is 1.00 bits per heavy atom. The number of nitrogens with one attached hydrogen (secondary N) is 2. The van der Waals surface area contributed by atoms with Crippen molar-refractivity contribution < 1.29 is 14.4 Å². The van der Waals surface area contributed by atoms with Crippen LogP contribution < -0.4 is 10.6 Å². The van der Waals surface area contributed by atoms with Crippen molar-refractivity contribution in [3.8, 4) is 0 Å². The van der Waals surface area contributed by atoms with Crippen LogP contribution in [0.15, 0.2) is 0 Å². The zero-order valence-electron chi connectivity index (χ0n) is 12.3. The van der Waals surface area contributed by atoms with Crippen molar-refractivity contribution >= 4 is 17.5 Å². The molecular formula is C13H26N2O3. The van der Waals surface area contributed by atoms with E-state index in [0.29, 0.717) is 0 Å². The number of hydrogen-bond acceptors (Lipinski definition) is 4. The van der Waals surface area contributed by atoms with Crippen LogP contribution in [0.2, 0.25) is 0 Å². The highest BCUT2D eigenvalue weighted by Crippen LogP contribution is 1.87. The second kappa shape index (κ2) is 10.9. The molecule has 18 heavy (non-hydrogen) atoms. The molecule has 0 aliphatic heterocycles. The van der Waals surface area contributed by atoms with Crippen molar-refractivity contribution in [1.29, 1.82) is 0 Å². The average Bonchev–Trinajstić information content (AvgIpc) is 2.25. The van der Waals surface area contributed by atoms with E-state index < -0.39 is 6.04 Å². The van der Waals surface area contributed by atoms with E-state index >= 15 is 0 Å². The Bertz CT molecular complexity index is 277. The first-order valence-corrected chi connectivity index (χ1v) is 6.29. The van der Waals surface area contributed by atoms with Crippen molar-refractivity contribution in [3.63, 3.8) is 0 Å². The summed E-state index contributed by atoms with van der Waals surface area (Å²) in [7, 11) is 0. The third kappa shape index (κ3) is 11.3. The van der Waals surface area contributed by atoms with Crippen LogP contribution in [0.5, 0.6) is 0 Å². The van der Waals surface area contributed by atoms with E-state index in [2.05, 4.69) is 24.5 Å². The molecule has 5 heteroatoms. The summed E-state index contributed by atoms with van der Waals surface area (Å²) in [6, 6.07) is -0.854. The molecule has 0 aromatic rings. The van der Waals surface area contributed by atoms with Gasteiger partial charge in [-0.2, -0.15) is 0 Å². The molecule has 0 radical (unpaired) electrons. The molecule has 1 amide bonds. The van der Waals surface area contributed by atoms with Gasteiger partial charge in [-0.05, 0) is 20.8 Å². The van der Waals surface area contributed by atoms with Gasteiger partial charge in [0.05, 0.1) is 18.6 Å². The number of rotatable bonds is 6. The van der Waals surface area contributed by atoms with Crippen molar-refractivity contribution in [1.82, 2.24) is 10.6 Å². The fraction of sp³-hybridized carbons (Fsp3) is 0.769. The second-order valence-corrected chi connectivity index (χ2v) is 4.31. The third-order valence-electron chi connectivity index (χ3n) is 2.10. The van der Waals surface area contributed by atoms with Crippen LogP contribution in [0, 0.1) is 0 Å². The highest BCUT2D eigenvalue weighted by Gasteiger charge is 2.15. The van der Waals surface area contributed by atoms with Gasteiger partial charge in [-0.25, -0.2) is 0 Å². The molecule has 2 atom stereocenters. The molecule has 0 saturated carbocycles. The van der Waals surface area contributed by atoms with Gasteiger partial charge in [0, 0.05) is 6.92 Å². The molecule has 0 rings (SSSR count). The van der Waals surface area contributed by atoms with E-state index in [0.717, 1.165) is 0 Å². The van der Waals surface area contributed by atoms with Crippen LogP contribution in [-0.4, -0.2) is 36.1 Å². The van der Waals surface area contributed by atoms with Crippen LogP contribution in [0.3, 0.4) is 0 Å². The lowest BCUT2D eigenvalue weighted by Crippen LogP contribution is -2.44. The molecule has 0 heterocycles. The van der Waals surface area contributed by atoms with Gasteiger partial charge < -0.3 is 10.6 Å². The minimum Gasteiger partial charge on any atom is -0.347 e. The van der Waals surface area contributed by atoms with Gasteiger partial charge in [-0.15, -0.1) is 0 Å². The van der Waals surface area contributed by atoms with E-state index in [1.54, 1.807) is 13.8 Å². The van der Waals surface area contributed by atoms with Crippen molar-refractivity contribution in [2.45, 2.75) is 60.0 Å². The number of hydrogen-bond donors (Lipinski definition) is 2. The second-order valence-electron chi connectivity index (χ2n) is 4.31. The highest BCUT2D eigenvalue weighted by atomic mass is 16.2. The Labute approximate surface area is 110 Å². The molecule has 0 aliphatic rings. The minimum atomic E-state index is -0.519. The van der Waals surface area contributed by atoms with Crippen LogP contribution in [0.4, 0.5) is 0 Å². The lowest BCUT2D eigenvalue weighted by atomic mass is 10.2. The maximum absolute atomic E-state index is 11.4. The van der Waals surface area contributed by atoms with Gasteiger partial charge >= 0.3 is 0 Å². The Morgan fingerprint density at radius 2 is 1.44 bits per heavy atom. The van der Waals surface area contributed by atoms with Gasteiger partial charge in [0.1, 0.15) is 5.78 Å². The monoisotopic (exact) mass is 258 g/mol. The summed E-state index contributed by atoms with van der Waals surface area (Å²) in [5.41, 5.74) is 0. The predicted octanol–water partition coefficient (Wildman–Crippen LogP) is 1.06. The summed E-state index contributed by atoms with van der Waals surface area (Å²) in [6.45, 7) is 10.5. The minimum absolute atomic E-state index is 0.0185. The summed E-state index contributed by atoms with van der Waals surface area (Å²) >= 11 is 0. The van der Waals surface area contributed by atoms with Crippen LogP contribution in [0.25, 0.3) is 0 Å². The Hall–Kier alpha value is -1.23. The molecule has 0 aromatic carbocycles. The first-order chi connectivity index (χ1) is 8.26. The van der Waals surface area contributed by atoms with Gasteiger partial charge in [0.2, 0.25) is 5.91 Å². The van der Waals surface area contributed by atoms with Crippen LogP contribution >= 0.6 is 0 Å². The van der Waals surface area contributed by atoms with Crippen molar-refractivity contribution in [2.24, 2.45) is 0 Å². The molecule has 0 aliphatic carbocycles. The largest absolute Gasteiger partial charge is 0.347 e. The normalized spacial score (nSPS) is 12.8. The first kappa shape index (κ1) is 19.1. The SMILES string of the molecule is CC(=O)N[C@@H](C)C(=O)CN[C@@H](C)C(C)=O.CCC. The molecule has 0 bridgehead atoms. The Morgan fingerprint density at radius 3 is 1.78 bits per heavy atom. The van der Waals surface area contributed by atoms with Crippen molar-refractivity contribution in [2.75, 3.05) is 6.54 Å². The summed E-state index contributed by atoms with van der Waals surface area (Å²) in [5.74, 6) is -0.399. The Balaban J connectivity index is 0. The molecule has 106 valence electrons. The van der Waals surface area contributed by atoms with Gasteiger partial charge in [0.25, 0.3) is 0 Å². The standard InChI is InChI=1S/C10H18N2O3.C3H8/c1-6(8(3)13)11-5-10(15)7(2)12-9(4)14;1-3-2/h6-7,11H,5H2,1-4H3,(H,12,14);3H2,1-2H3/t6-,7-;/m0./s1. The van der Waals surface area contributed by atoms with Gasteiger partial charge in [-0.1, -0.05) is 20.3 Å². The summed E-state index contributed by atoms with van der Waals surface area (Å²) in [4.78, 5) is 32.9. The van der Waals surface area contributed by atoms with E-state index in [9.17, 15) is 14.4 Å². The number of Topliss-reactive ketones (excluding diaryl/α,β-unsaturated/α-hetero) is 2. The quantitative estimate of drug-likeness (QED) is 0.747. The molecule has 0 unspecified atom stereocenters. The van der Waals surface area contributed by atoms with E-state index in [1.807, 2.05) is 0 Å². The van der Waals surface area contributed by atoms with E-state index in [1.165, 1.54) is 20.3 Å². The highest BCUT2D eigenvalue weighted by molar-refractivity contribution is 5.90. The summed E-state index contributed by atoms with van der Waals surface area (Å²) < 4.78 is 0. The van der Waals surface area contributed by atoms with Gasteiger partial charge in [-0.3, -0.25) is 14.4 Å². The summed E-state index contributed by atoms with van der Waals surface area (Å²) in [5, 5.41) is 5.27. The zero-order chi connectivity index (χ0) is 14.7. The maximum Gasteiger partial charge on any atom is 0.217 e. The topological polar surface area (TPSA) is 75.3 Å². The molecule has 0 spiro atoms. The molecule has 0 aromatic heterocycles. The van der Waals surface area contributed by atoms with E-state index in [-0.39, 0.29) is 30.1 Å². The number of ketones is 2. The third-order valence-corrected chi connectivity index (χ3v) is 2.10. The van der Waals surface area contributed by atoms with Crippen LogP contribution in [0.1, 0.15) is 48.0 Å². The van der Waals surface area contributed by atoms with E-state index in [4.69, 9.17) is 0 Å². The van der Waals surface area contributed by atoms with Crippen LogP contribution in [-0.2, 0) is 14.4 Å². The average molecular weight is 258 g/mol. The number of carbonyl (C=O) groups is 3.